The van der Waals surface area contributed by atoms with Gasteiger partial charge < -0.3 is 26.0 Å². The molecular weight excluding hydrogens is 374 g/mol. The van der Waals surface area contributed by atoms with Crippen molar-refractivity contribution in [2.24, 2.45) is 0 Å². The van der Waals surface area contributed by atoms with E-state index in [0.29, 0.717) is 0 Å². The van der Waals surface area contributed by atoms with Gasteiger partial charge in [-0.15, -0.1) is 0 Å². The third-order valence-electron chi connectivity index (χ3n) is 1.57. The summed E-state index contributed by atoms with van der Waals surface area (Å²) >= 11 is 0. The van der Waals surface area contributed by atoms with E-state index in [1.807, 2.05) is 0 Å². The highest BCUT2D eigenvalue weighted by Gasteiger charge is 2.38. The lowest BCUT2D eigenvalue weighted by molar-refractivity contribution is -0.193. The van der Waals surface area contributed by atoms with Gasteiger partial charge in [0.1, 0.15) is 6.04 Å². The van der Waals surface area contributed by atoms with Gasteiger partial charge in [0, 0.05) is 0 Å². The first-order valence-electron chi connectivity index (χ1n) is 5.73. The van der Waals surface area contributed by atoms with E-state index in [0.717, 1.165) is 0 Å². The highest BCUT2D eigenvalue weighted by atomic mass is 19.4. The topological polar surface area (TPSA) is 153 Å². The van der Waals surface area contributed by atoms with Crippen molar-refractivity contribution < 1.29 is 60.8 Å². The van der Waals surface area contributed by atoms with Crippen LogP contribution in [0.1, 0.15) is 6.92 Å². The molecule has 0 radical (unpaired) electrons. The summed E-state index contributed by atoms with van der Waals surface area (Å²) in [6.07, 6.45) is -10.2. The van der Waals surface area contributed by atoms with E-state index >= 15 is 0 Å². The zero-order valence-electron chi connectivity index (χ0n) is 12.5. The van der Waals surface area contributed by atoms with Crippen molar-refractivity contribution in [2.75, 3.05) is 13.6 Å². The fourth-order valence-electron chi connectivity index (χ4n) is 0.515. The van der Waals surface area contributed by atoms with Crippen LogP contribution in [0.2, 0.25) is 0 Å². The highest BCUT2D eigenvalue weighted by Crippen LogP contribution is 2.13. The van der Waals surface area contributed by atoms with Crippen molar-refractivity contribution in [3.63, 3.8) is 0 Å². The van der Waals surface area contributed by atoms with Crippen LogP contribution in [-0.4, -0.2) is 71.1 Å². The van der Waals surface area contributed by atoms with Crippen molar-refractivity contribution in [3.8, 4) is 0 Å². The molecule has 15 heteroatoms. The minimum atomic E-state index is -5.08. The van der Waals surface area contributed by atoms with Crippen LogP contribution in [0.3, 0.4) is 0 Å². The van der Waals surface area contributed by atoms with Crippen LogP contribution < -0.4 is 10.6 Å². The summed E-state index contributed by atoms with van der Waals surface area (Å²) in [5, 5.41) is 27.5. The van der Waals surface area contributed by atoms with E-state index in [1.165, 1.54) is 6.92 Å². The Morgan fingerprint density at radius 1 is 0.880 bits per heavy atom. The first kappa shape index (κ1) is 27.3. The number of hydrogen-bond donors (Lipinski definition) is 5. The summed E-state index contributed by atoms with van der Waals surface area (Å²) < 4.78 is 63.5. The van der Waals surface area contributed by atoms with Crippen LogP contribution in [0.25, 0.3) is 0 Å². The van der Waals surface area contributed by atoms with Gasteiger partial charge in [-0.1, -0.05) is 0 Å². The van der Waals surface area contributed by atoms with Gasteiger partial charge in [0.15, 0.2) is 0 Å². The lowest BCUT2D eigenvalue weighted by Crippen LogP contribution is -2.42. The quantitative estimate of drug-likeness (QED) is 0.424. The average Bonchev–Trinajstić information content (AvgIpc) is 2.37. The smallest absolute Gasteiger partial charge is 0.480 e. The highest BCUT2D eigenvalue weighted by molar-refractivity contribution is 5.84. The van der Waals surface area contributed by atoms with Gasteiger partial charge in [0.2, 0.25) is 5.91 Å². The molecule has 1 unspecified atom stereocenters. The molecule has 0 heterocycles. The Hall–Kier alpha value is -2.58. The second kappa shape index (κ2) is 11.9. The zero-order chi connectivity index (χ0) is 21.0. The molecule has 1 amide bonds. The molecule has 0 saturated carbocycles. The van der Waals surface area contributed by atoms with E-state index in [1.54, 1.807) is 7.05 Å². The van der Waals surface area contributed by atoms with Gasteiger partial charge in [0.25, 0.3) is 0 Å². The van der Waals surface area contributed by atoms with Crippen molar-refractivity contribution in [2.45, 2.75) is 25.3 Å². The van der Waals surface area contributed by atoms with Crippen LogP contribution >= 0.6 is 0 Å². The normalized spacial score (nSPS) is 11.7. The predicted octanol–water partition coefficient (Wildman–Crippen LogP) is 0.0617. The van der Waals surface area contributed by atoms with E-state index in [9.17, 15) is 35.9 Å². The fourth-order valence-corrected chi connectivity index (χ4v) is 0.515. The average molecular weight is 388 g/mol. The maximum Gasteiger partial charge on any atom is 0.490 e. The zero-order valence-corrected chi connectivity index (χ0v) is 12.5. The Labute approximate surface area is 135 Å². The molecule has 0 aromatic carbocycles. The monoisotopic (exact) mass is 388 g/mol. The minimum Gasteiger partial charge on any atom is -0.480 e. The Morgan fingerprint density at radius 3 is 1.32 bits per heavy atom. The third-order valence-corrected chi connectivity index (χ3v) is 1.57. The van der Waals surface area contributed by atoms with Crippen LogP contribution in [-0.2, 0) is 19.2 Å². The second-order valence-electron chi connectivity index (χ2n) is 3.76. The van der Waals surface area contributed by atoms with Gasteiger partial charge in [-0.2, -0.15) is 26.3 Å². The molecule has 0 fully saturated rings. The molecule has 0 spiro atoms. The van der Waals surface area contributed by atoms with E-state index in [2.05, 4.69) is 10.6 Å². The predicted molar refractivity (Wildman–Crippen MR) is 66.5 cm³/mol. The van der Waals surface area contributed by atoms with Crippen LogP contribution in [0, 0.1) is 0 Å². The molecule has 0 bridgehead atoms. The van der Waals surface area contributed by atoms with Crippen LogP contribution in [0.15, 0.2) is 0 Å². The van der Waals surface area contributed by atoms with Crippen LogP contribution in [0.4, 0.5) is 26.3 Å². The van der Waals surface area contributed by atoms with Crippen molar-refractivity contribution in [1.29, 1.82) is 0 Å². The fraction of sp³-hybridized carbons (Fsp3) is 0.600. The molecule has 148 valence electrons. The van der Waals surface area contributed by atoms with Gasteiger partial charge in [-0.25, -0.2) is 9.59 Å². The number of carbonyl (C=O) groups is 4. The molecule has 25 heavy (non-hydrogen) atoms. The maximum atomic E-state index is 10.7. The Bertz CT molecular complexity index is 440. The number of carbonyl (C=O) groups excluding carboxylic acids is 1. The number of rotatable bonds is 4. The number of amides is 1. The molecule has 0 aliphatic carbocycles. The Morgan fingerprint density at radius 2 is 1.16 bits per heavy atom. The van der Waals surface area contributed by atoms with E-state index in [-0.39, 0.29) is 12.5 Å². The largest absolute Gasteiger partial charge is 0.490 e. The molecule has 5 N–H and O–H groups in total. The molecule has 0 rings (SSSR count). The summed E-state index contributed by atoms with van der Waals surface area (Å²) in [6, 6.07) is -0.823. The van der Waals surface area contributed by atoms with Crippen molar-refractivity contribution in [1.82, 2.24) is 10.6 Å². The third kappa shape index (κ3) is 19.4. The summed E-state index contributed by atoms with van der Waals surface area (Å²) in [6.45, 7) is 1.55. The standard InChI is InChI=1S/C6H12N2O3.2C2HF3O2/c1-4(6(10)11)8-5(9)3-7-2;2*3-2(4,5)1(6)7/h4,7H,3H2,1-2H3,(H,8,9)(H,10,11);2*(H,6,7). The number of hydrogen-bond acceptors (Lipinski definition) is 5. The van der Waals surface area contributed by atoms with Crippen molar-refractivity contribution >= 4 is 23.8 Å². The first-order valence-corrected chi connectivity index (χ1v) is 5.73. The number of halogens is 6. The Balaban J connectivity index is -0.000000304. The molecule has 0 aromatic heterocycles. The van der Waals surface area contributed by atoms with Crippen LogP contribution in [0.5, 0.6) is 0 Å². The second-order valence-corrected chi connectivity index (χ2v) is 3.76. The number of likely N-dealkylation sites (N-methyl/N-ethyl adjacent to an activating group) is 1. The van der Waals surface area contributed by atoms with Gasteiger partial charge in [-0.3, -0.25) is 9.59 Å². The van der Waals surface area contributed by atoms with Gasteiger partial charge in [0.05, 0.1) is 6.54 Å². The molecule has 0 aliphatic rings. The Kier molecular flexibility index (Phi) is 13.0. The lowest BCUT2D eigenvalue weighted by atomic mass is 10.3. The summed E-state index contributed by atoms with van der Waals surface area (Å²) in [7, 11) is 1.62. The first-order chi connectivity index (χ1) is 11.0. The maximum absolute atomic E-state index is 10.7. The molecule has 0 aromatic rings. The van der Waals surface area contributed by atoms with Gasteiger partial charge in [-0.05, 0) is 14.0 Å². The number of carboxylic acids is 3. The number of alkyl halides is 6. The van der Waals surface area contributed by atoms with Crippen molar-refractivity contribution in [3.05, 3.63) is 0 Å². The van der Waals surface area contributed by atoms with E-state index < -0.39 is 36.3 Å². The SMILES string of the molecule is CNCC(=O)NC(C)C(=O)O.O=C(O)C(F)(F)F.O=C(O)C(F)(F)F. The summed E-state index contributed by atoms with van der Waals surface area (Å²) in [5.74, 6) is -6.86. The number of aliphatic carboxylic acids is 3. The number of carboxylic acid groups (broad SMARTS) is 3. The number of nitrogens with one attached hydrogen (secondary N) is 2. The van der Waals surface area contributed by atoms with E-state index in [4.69, 9.17) is 24.9 Å². The molecular formula is C10H14F6N2O7. The van der Waals surface area contributed by atoms with Gasteiger partial charge >= 0.3 is 30.3 Å². The molecule has 1 atom stereocenters. The molecule has 9 nitrogen and oxygen atoms in total. The lowest BCUT2D eigenvalue weighted by Gasteiger charge is -2.07. The molecule has 0 saturated heterocycles. The minimum absolute atomic E-state index is 0.137. The summed E-state index contributed by atoms with van der Waals surface area (Å²) in [4.78, 5) is 38.7. The molecule has 0 aliphatic heterocycles. The summed E-state index contributed by atoms with van der Waals surface area (Å²) in [5.41, 5.74) is 0.